The first-order valence-electron chi connectivity index (χ1n) is 16.3. The highest BCUT2D eigenvalue weighted by Crippen LogP contribution is 2.37. The number of rotatable bonds is 4. The Hall–Kier alpha value is -5.60. The molecule has 2 heterocycles. The Morgan fingerprint density at radius 1 is 0.478 bits per heavy atom. The van der Waals surface area contributed by atoms with Gasteiger partial charge in [0.25, 0.3) is 0 Å². The lowest BCUT2D eigenvalue weighted by molar-refractivity contribution is 0.967. The van der Waals surface area contributed by atoms with Gasteiger partial charge in [0.05, 0.1) is 16.6 Å². The standard InChI is InChI=1S/C44H34N2/c1-29-27-40(32-21-25-34(26-22-32)46-43-17-9-5-13-37(43)38-14-6-10-18-44(38)46)30(2)28-39(29)31-19-23-33(24-20-31)45-41-15-7-3-11-35(41)36-12-4-8-16-42(36)45/h3-5,7-13,15-28H,6,14H2,1-2H3. The predicted molar refractivity (Wildman–Crippen MR) is 195 cm³/mol. The zero-order valence-corrected chi connectivity index (χ0v) is 26.2. The van der Waals surface area contributed by atoms with Gasteiger partial charge in [-0.15, -0.1) is 0 Å². The van der Waals surface area contributed by atoms with Crippen molar-refractivity contribution < 1.29 is 0 Å². The highest BCUT2D eigenvalue weighted by atomic mass is 15.0. The van der Waals surface area contributed by atoms with Crippen molar-refractivity contribution in [3.8, 4) is 33.6 Å². The molecular formula is C44H34N2. The third kappa shape index (κ3) is 4.10. The van der Waals surface area contributed by atoms with E-state index in [1.54, 1.807) is 0 Å². The smallest absolute Gasteiger partial charge is 0.0541 e. The molecule has 6 aromatic carbocycles. The van der Waals surface area contributed by atoms with Gasteiger partial charge in [-0.25, -0.2) is 0 Å². The van der Waals surface area contributed by atoms with Gasteiger partial charge in [-0.1, -0.05) is 97.1 Å². The molecule has 0 saturated carbocycles. The minimum absolute atomic E-state index is 1.10. The normalized spacial score (nSPS) is 12.7. The van der Waals surface area contributed by atoms with E-state index in [1.807, 2.05) is 0 Å². The summed E-state index contributed by atoms with van der Waals surface area (Å²) in [5, 5.41) is 3.95. The average molecular weight is 591 g/mol. The van der Waals surface area contributed by atoms with Crippen LogP contribution in [0.1, 0.15) is 28.8 Å². The summed E-state index contributed by atoms with van der Waals surface area (Å²) in [5.74, 6) is 0. The first kappa shape index (κ1) is 26.8. The van der Waals surface area contributed by atoms with Crippen LogP contribution in [-0.4, -0.2) is 9.13 Å². The lowest BCUT2D eigenvalue weighted by Gasteiger charge is -2.15. The Bertz CT molecular complexity index is 2410. The molecule has 0 spiro atoms. The van der Waals surface area contributed by atoms with Crippen molar-refractivity contribution >= 4 is 38.8 Å². The minimum Gasteiger partial charge on any atom is -0.310 e. The second-order valence-electron chi connectivity index (χ2n) is 12.6. The molecule has 9 rings (SSSR count). The first-order chi connectivity index (χ1) is 22.7. The van der Waals surface area contributed by atoms with E-state index in [0.29, 0.717) is 0 Å². The lowest BCUT2D eigenvalue weighted by atomic mass is 9.92. The summed E-state index contributed by atoms with van der Waals surface area (Å²) in [6.07, 6.45) is 6.82. The largest absolute Gasteiger partial charge is 0.310 e. The monoisotopic (exact) mass is 590 g/mol. The topological polar surface area (TPSA) is 9.86 Å². The van der Waals surface area contributed by atoms with E-state index in [9.17, 15) is 0 Å². The van der Waals surface area contributed by atoms with Crippen molar-refractivity contribution in [3.05, 3.63) is 162 Å². The zero-order chi connectivity index (χ0) is 30.8. The Morgan fingerprint density at radius 2 is 0.935 bits per heavy atom. The van der Waals surface area contributed by atoms with Crippen LogP contribution in [0.5, 0.6) is 0 Å². The van der Waals surface area contributed by atoms with Crippen molar-refractivity contribution in [2.24, 2.45) is 0 Å². The molecule has 220 valence electrons. The summed E-state index contributed by atoms with van der Waals surface area (Å²) in [4.78, 5) is 0. The summed E-state index contributed by atoms with van der Waals surface area (Å²) in [6.45, 7) is 4.47. The maximum atomic E-state index is 2.42. The van der Waals surface area contributed by atoms with Crippen molar-refractivity contribution in [1.82, 2.24) is 9.13 Å². The van der Waals surface area contributed by atoms with Crippen molar-refractivity contribution in [1.29, 1.82) is 0 Å². The van der Waals surface area contributed by atoms with Crippen LogP contribution in [0, 0.1) is 13.8 Å². The Morgan fingerprint density at radius 3 is 1.48 bits per heavy atom. The van der Waals surface area contributed by atoms with Gasteiger partial charge in [-0.2, -0.15) is 0 Å². The van der Waals surface area contributed by atoms with Gasteiger partial charge in [0.2, 0.25) is 0 Å². The fourth-order valence-electron chi connectivity index (χ4n) is 7.68. The highest BCUT2D eigenvalue weighted by Gasteiger charge is 2.18. The van der Waals surface area contributed by atoms with Crippen LogP contribution in [0.3, 0.4) is 0 Å². The number of para-hydroxylation sites is 3. The Kier molecular flexibility index (Phi) is 6.11. The first-order valence-corrected chi connectivity index (χ1v) is 16.3. The predicted octanol–water partition coefficient (Wildman–Crippen LogP) is 11.6. The SMILES string of the molecule is Cc1cc(-c2ccc(-n3c4ccccc4c4ccccc43)cc2)c(C)cc1-c1ccc(-n2c3c(c4ccccc42)CCC=C3)cc1. The summed E-state index contributed by atoms with van der Waals surface area (Å²) in [5.41, 5.74) is 16.6. The molecule has 0 unspecified atom stereocenters. The molecule has 0 radical (unpaired) electrons. The van der Waals surface area contributed by atoms with Gasteiger partial charge in [0.1, 0.15) is 0 Å². The van der Waals surface area contributed by atoms with Crippen molar-refractivity contribution in [2.45, 2.75) is 26.7 Å². The van der Waals surface area contributed by atoms with E-state index >= 15 is 0 Å². The number of fused-ring (bicyclic) bond motifs is 6. The molecule has 2 heteroatoms. The fourth-order valence-corrected chi connectivity index (χ4v) is 7.68. The number of allylic oxidation sites excluding steroid dienone is 1. The van der Waals surface area contributed by atoms with E-state index in [2.05, 4.69) is 169 Å². The van der Waals surface area contributed by atoms with Crippen LogP contribution in [0.4, 0.5) is 0 Å². The summed E-state index contributed by atoms with van der Waals surface area (Å²) >= 11 is 0. The van der Waals surface area contributed by atoms with Gasteiger partial charge in [-0.05, 0) is 114 Å². The fraction of sp³-hybridized carbons (Fsp3) is 0.0909. The van der Waals surface area contributed by atoms with Gasteiger partial charge in [-0.3, -0.25) is 0 Å². The van der Waals surface area contributed by atoms with Crippen molar-refractivity contribution in [2.75, 3.05) is 0 Å². The second kappa shape index (κ2) is 10.5. The average Bonchev–Trinajstić information content (AvgIpc) is 3.63. The lowest BCUT2D eigenvalue weighted by Crippen LogP contribution is -2.00. The van der Waals surface area contributed by atoms with Crippen LogP contribution in [0.2, 0.25) is 0 Å². The van der Waals surface area contributed by atoms with E-state index in [0.717, 1.165) is 12.8 Å². The van der Waals surface area contributed by atoms with Crippen LogP contribution in [-0.2, 0) is 6.42 Å². The van der Waals surface area contributed by atoms with E-state index in [1.165, 1.54) is 88.7 Å². The van der Waals surface area contributed by atoms with E-state index in [4.69, 9.17) is 0 Å². The third-order valence-electron chi connectivity index (χ3n) is 9.88. The molecule has 0 N–H and O–H groups in total. The van der Waals surface area contributed by atoms with E-state index < -0.39 is 0 Å². The summed E-state index contributed by atoms with van der Waals surface area (Å²) in [6, 6.07) is 49.1. The van der Waals surface area contributed by atoms with Crippen LogP contribution in [0.15, 0.2) is 140 Å². The number of nitrogens with zero attached hydrogens (tertiary/aromatic N) is 2. The van der Waals surface area contributed by atoms with Gasteiger partial charge < -0.3 is 9.13 Å². The molecule has 0 amide bonds. The van der Waals surface area contributed by atoms with Crippen LogP contribution >= 0.6 is 0 Å². The van der Waals surface area contributed by atoms with Gasteiger partial charge in [0, 0.05) is 33.2 Å². The third-order valence-corrected chi connectivity index (χ3v) is 9.88. The van der Waals surface area contributed by atoms with Gasteiger partial charge in [0.15, 0.2) is 0 Å². The molecule has 0 bridgehead atoms. The second-order valence-corrected chi connectivity index (χ2v) is 12.6. The van der Waals surface area contributed by atoms with E-state index in [-0.39, 0.29) is 0 Å². The zero-order valence-electron chi connectivity index (χ0n) is 26.2. The number of aryl methyl sites for hydroxylation is 3. The summed E-state index contributed by atoms with van der Waals surface area (Å²) < 4.78 is 4.80. The molecule has 0 atom stereocenters. The molecule has 2 aromatic heterocycles. The molecule has 0 saturated heterocycles. The minimum atomic E-state index is 1.10. The number of benzene rings is 6. The molecule has 8 aromatic rings. The molecule has 0 fully saturated rings. The molecule has 2 nitrogen and oxygen atoms in total. The summed E-state index contributed by atoms with van der Waals surface area (Å²) in [7, 11) is 0. The quantitative estimate of drug-likeness (QED) is 0.193. The highest BCUT2D eigenvalue weighted by molar-refractivity contribution is 6.09. The maximum Gasteiger partial charge on any atom is 0.0541 e. The Labute approximate surface area is 269 Å². The molecule has 1 aliphatic carbocycles. The number of hydrogen-bond acceptors (Lipinski definition) is 0. The van der Waals surface area contributed by atoms with Crippen molar-refractivity contribution in [3.63, 3.8) is 0 Å². The molecule has 1 aliphatic rings. The molecule has 0 aliphatic heterocycles. The van der Waals surface area contributed by atoms with Crippen LogP contribution < -0.4 is 0 Å². The Balaban J connectivity index is 1.06. The number of aromatic nitrogens is 2. The molecule has 46 heavy (non-hydrogen) atoms. The van der Waals surface area contributed by atoms with Gasteiger partial charge >= 0.3 is 0 Å². The maximum absolute atomic E-state index is 2.42. The van der Waals surface area contributed by atoms with Crippen LogP contribution in [0.25, 0.3) is 72.4 Å². The number of hydrogen-bond donors (Lipinski definition) is 0. The molecular weight excluding hydrogens is 556 g/mol.